The van der Waals surface area contributed by atoms with Crippen LogP contribution >= 0.6 is 0 Å². The number of ether oxygens (including phenoxy) is 1. The normalized spacial score (nSPS) is 20.9. The lowest BCUT2D eigenvalue weighted by molar-refractivity contribution is 0.0335. The van der Waals surface area contributed by atoms with E-state index < -0.39 is 6.10 Å². The van der Waals surface area contributed by atoms with Gasteiger partial charge >= 0.3 is 6.03 Å². The quantitative estimate of drug-likeness (QED) is 0.892. The second-order valence-electron chi connectivity index (χ2n) is 6.24. The van der Waals surface area contributed by atoms with Crippen molar-refractivity contribution in [1.82, 2.24) is 14.7 Å². The summed E-state index contributed by atoms with van der Waals surface area (Å²) in [4.78, 5) is 18.3. The molecule has 1 aromatic carbocycles. The maximum Gasteiger partial charge on any atom is 0.320 e. The fraction of sp³-hybridized carbons (Fsp3) is 0.588. The van der Waals surface area contributed by atoms with Crippen LogP contribution in [0.15, 0.2) is 24.3 Å². The minimum absolute atomic E-state index is 0.0806. The van der Waals surface area contributed by atoms with Crippen LogP contribution in [0.25, 0.3) is 0 Å². The van der Waals surface area contributed by atoms with Crippen molar-refractivity contribution in [3.05, 3.63) is 35.6 Å². The third kappa shape index (κ3) is 4.23. The lowest BCUT2D eigenvalue weighted by Gasteiger charge is -2.39. The van der Waals surface area contributed by atoms with E-state index in [1.807, 2.05) is 9.80 Å². The number of benzene rings is 1. The summed E-state index contributed by atoms with van der Waals surface area (Å²) in [5.74, 6) is -0.304. The number of amides is 2. The summed E-state index contributed by atoms with van der Waals surface area (Å²) in [5, 5.41) is 10.3. The van der Waals surface area contributed by atoms with Crippen LogP contribution in [0.3, 0.4) is 0 Å². The summed E-state index contributed by atoms with van der Waals surface area (Å²) in [6.07, 6.45) is -0.646. The van der Waals surface area contributed by atoms with Gasteiger partial charge in [-0.2, -0.15) is 0 Å². The molecule has 0 aromatic heterocycles. The third-order valence-corrected chi connectivity index (χ3v) is 4.61. The number of β-amino-alcohol motifs (C(OH)–C–C–N with tert-alkyl or cyclic N) is 1. The molecule has 2 aliphatic rings. The molecule has 0 saturated carbocycles. The Morgan fingerprint density at radius 3 is 2.25 bits per heavy atom. The van der Waals surface area contributed by atoms with Gasteiger partial charge in [-0.05, 0) is 17.7 Å². The van der Waals surface area contributed by atoms with Crippen molar-refractivity contribution < 1.29 is 19.0 Å². The molecule has 3 rings (SSSR count). The molecule has 0 unspecified atom stereocenters. The SMILES string of the molecule is O=C(N1CCOCC1)N1CCN(C[C@H](O)c2ccc(F)cc2)CC1. The van der Waals surface area contributed by atoms with Gasteiger partial charge < -0.3 is 19.6 Å². The largest absolute Gasteiger partial charge is 0.387 e. The maximum absolute atomic E-state index is 12.9. The van der Waals surface area contributed by atoms with Gasteiger partial charge in [0.05, 0.1) is 19.3 Å². The first-order chi connectivity index (χ1) is 11.6. The summed E-state index contributed by atoms with van der Waals surface area (Å²) in [7, 11) is 0. The number of rotatable bonds is 3. The van der Waals surface area contributed by atoms with Gasteiger partial charge in [0, 0.05) is 45.8 Å². The fourth-order valence-electron chi connectivity index (χ4n) is 3.11. The summed E-state index contributed by atoms with van der Waals surface area (Å²) in [5.41, 5.74) is 0.711. The molecule has 132 valence electrons. The van der Waals surface area contributed by atoms with Crippen LogP contribution in [0, 0.1) is 5.82 Å². The minimum Gasteiger partial charge on any atom is -0.387 e. The first-order valence-electron chi connectivity index (χ1n) is 8.41. The Hall–Kier alpha value is -1.70. The number of carbonyl (C=O) groups excluding carboxylic acids is 1. The number of aliphatic hydroxyl groups is 1. The third-order valence-electron chi connectivity index (χ3n) is 4.61. The van der Waals surface area contributed by atoms with E-state index in [0.717, 1.165) is 13.1 Å². The summed E-state index contributed by atoms with van der Waals surface area (Å²) in [6.45, 7) is 5.79. The predicted molar refractivity (Wildman–Crippen MR) is 87.2 cm³/mol. The van der Waals surface area contributed by atoms with Gasteiger partial charge in [-0.25, -0.2) is 9.18 Å². The van der Waals surface area contributed by atoms with E-state index >= 15 is 0 Å². The highest BCUT2D eigenvalue weighted by atomic mass is 19.1. The van der Waals surface area contributed by atoms with E-state index in [1.165, 1.54) is 12.1 Å². The minimum atomic E-state index is -0.646. The number of halogens is 1. The molecule has 7 heteroatoms. The average molecular weight is 337 g/mol. The number of carbonyl (C=O) groups is 1. The van der Waals surface area contributed by atoms with Crippen molar-refractivity contribution >= 4 is 6.03 Å². The van der Waals surface area contributed by atoms with Crippen molar-refractivity contribution in [2.75, 3.05) is 59.0 Å². The highest BCUT2D eigenvalue weighted by Gasteiger charge is 2.27. The van der Waals surface area contributed by atoms with Crippen molar-refractivity contribution in [3.63, 3.8) is 0 Å². The van der Waals surface area contributed by atoms with E-state index in [0.29, 0.717) is 51.5 Å². The topological polar surface area (TPSA) is 56.2 Å². The Labute approximate surface area is 141 Å². The van der Waals surface area contributed by atoms with Gasteiger partial charge in [-0.3, -0.25) is 4.90 Å². The molecule has 0 aliphatic carbocycles. The van der Waals surface area contributed by atoms with Crippen LogP contribution in [0.5, 0.6) is 0 Å². The molecule has 2 aliphatic heterocycles. The Kier molecular flexibility index (Phi) is 5.65. The van der Waals surface area contributed by atoms with Gasteiger partial charge in [-0.15, -0.1) is 0 Å². The molecule has 24 heavy (non-hydrogen) atoms. The number of morpholine rings is 1. The number of hydrogen-bond donors (Lipinski definition) is 1. The van der Waals surface area contributed by atoms with Crippen molar-refractivity contribution in [2.24, 2.45) is 0 Å². The maximum atomic E-state index is 12.9. The van der Waals surface area contributed by atoms with E-state index in [9.17, 15) is 14.3 Å². The fourth-order valence-corrected chi connectivity index (χ4v) is 3.11. The van der Waals surface area contributed by atoms with Crippen LogP contribution in [-0.2, 0) is 4.74 Å². The van der Waals surface area contributed by atoms with E-state index in [2.05, 4.69) is 4.90 Å². The van der Waals surface area contributed by atoms with Gasteiger partial charge in [-0.1, -0.05) is 12.1 Å². The lowest BCUT2D eigenvalue weighted by atomic mass is 10.1. The second-order valence-corrected chi connectivity index (χ2v) is 6.24. The molecular formula is C17H24FN3O3. The van der Waals surface area contributed by atoms with Crippen LogP contribution in [-0.4, -0.2) is 84.9 Å². The van der Waals surface area contributed by atoms with Gasteiger partial charge in [0.25, 0.3) is 0 Å². The summed E-state index contributed by atoms with van der Waals surface area (Å²) >= 11 is 0. The van der Waals surface area contributed by atoms with E-state index in [-0.39, 0.29) is 11.8 Å². The molecule has 1 aromatic rings. The van der Waals surface area contributed by atoms with Crippen LogP contribution < -0.4 is 0 Å². The Morgan fingerprint density at radius 2 is 1.62 bits per heavy atom. The summed E-state index contributed by atoms with van der Waals surface area (Å²) in [6, 6.07) is 6.02. The van der Waals surface area contributed by atoms with Crippen molar-refractivity contribution in [3.8, 4) is 0 Å². The number of piperazine rings is 1. The molecule has 2 fully saturated rings. The highest BCUT2D eigenvalue weighted by molar-refractivity contribution is 5.74. The zero-order valence-electron chi connectivity index (χ0n) is 13.7. The Morgan fingerprint density at radius 1 is 1.04 bits per heavy atom. The van der Waals surface area contributed by atoms with Gasteiger partial charge in [0.15, 0.2) is 0 Å². The van der Waals surface area contributed by atoms with E-state index in [4.69, 9.17) is 4.74 Å². The van der Waals surface area contributed by atoms with Crippen LogP contribution in [0.1, 0.15) is 11.7 Å². The second kappa shape index (κ2) is 7.92. The Balaban J connectivity index is 1.46. The first-order valence-corrected chi connectivity index (χ1v) is 8.41. The zero-order valence-corrected chi connectivity index (χ0v) is 13.7. The molecule has 1 atom stereocenters. The number of hydrogen-bond acceptors (Lipinski definition) is 4. The molecule has 2 heterocycles. The predicted octanol–water partition coefficient (Wildman–Crippen LogP) is 0.929. The molecular weight excluding hydrogens is 313 g/mol. The standard InChI is InChI=1S/C17H24FN3O3/c18-15-3-1-14(2-4-15)16(22)13-19-5-7-20(8-6-19)17(23)21-9-11-24-12-10-21/h1-4,16,22H,5-13H2/t16-/m0/s1. The number of nitrogens with zero attached hydrogens (tertiary/aromatic N) is 3. The van der Waals surface area contributed by atoms with Crippen molar-refractivity contribution in [2.45, 2.75) is 6.10 Å². The molecule has 0 bridgehead atoms. The molecule has 2 saturated heterocycles. The van der Waals surface area contributed by atoms with Gasteiger partial charge in [0.2, 0.25) is 0 Å². The zero-order chi connectivity index (χ0) is 16.9. The lowest BCUT2D eigenvalue weighted by Crippen LogP contribution is -2.55. The Bertz CT molecular complexity index is 541. The number of urea groups is 1. The average Bonchev–Trinajstić information content (AvgIpc) is 2.63. The van der Waals surface area contributed by atoms with Crippen LogP contribution in [0.4, 0.5) is 9.18 Å². The molecule has 1 N–H and O–H groups in total. The van der Waals surface area contributed by atoms with Crippen molar-refractivity contribution in [1.29, 1.82) is 0 Å². The van der Waals surface area contributed by atoms with Gasteiger partial charge in [0.1, 0.15) is 5.82 Å². The van der Waals surface area contributed by atoms with Crippen LogP contribution in [0.2, 0.25) is 0 Å². The molecule has 2 amide bonds. The smallest absolute Gasteiger partial charge is 0.320 e. The monoisotopic (exact) mass is 337 g/mol. The highest BCUT2D eigenvalue weighted by Crippen LogP contribution is 2.16. The molecule has 0 spiro atoms. The number of aliphatic hydroxyl groups excluding tert-OH is 1. The molecule has 6 nitrogen and oxygen atoms in total. The molecule has 0 radical (unpaired) electrons. The first kappa shape index (κ1) is 17.1. The summed E-state index contributed by atoms with van der Waals surface area (Å²) < 4.78 is 18.2. The van der Waals surface area contributed by atoms with E-state index in [1.54, 1.807) is 12.1 Å².